The van der Waals surface area contributed by atoms with Gasteiger partial charge in [0.05, 0.1) is 11.0 Å². The van der Waals surface area contributed by atoms with Crippen molar-refractivity contribution in [2.75, 3.05) is 11.9 Å². The molecule has 28 heavy (non-hydrogen) atoms. The lowest BCUT2D eigenvalue weighted by Crippen LogP contribution is -2.44. The Bertz CT molecular complexity index is 1030. The first kappa shape index (κ1) is 18.1. The first-order valence-electron chi connectivity index (χ1n) is 8.75. The summed E-state index contributed by atoms with van der Waals surface area (Å²) in [6.07, 6.45) is 1.99. The van der Waals surface area contributed by atoms with Crippen molar-refractivity contribution in [3.8, 4) is 0 Å². The summed E-state index contributed by atoms with van der Waals surface area (Å²) in [6, 6.07) is 16.3. The number of hydrogen-bond acceptors (Lipinski definition) is 3. The van der Waals surface area contributed by atoms with Gasteiger partial charge in [-0.05, 0) is 54.2 Å². The molecule has 1 aromatic heterocycles. The predicted octanol–water partition coefficient (Wildman–Crippen LogP) is 4.34. The number of nitro groups is 1. The lowest BCUT2D eigenvalue weighted by atomic mass is 10.00. The van der Waals surface area contributed by atoms with Crippen LogP contribution in [0.25, 0.3) is 0 Å². The molecule has 2 heterocycles. The number of rotatable bonds is 3. The molecule has 0 saturated carbocycles. The number of fused-ring (bicyclic) bond motifs is 1. The average molecular weight is 396 g/mol. The fraction of sp³-hybridized carbons (Fsp3) is 0.150. The molecule has 6 nitrogen and oxygen atoms in total. The van der Waals surface area contributed by atoms with Crippen LogP contribution in [0.4, 0.5) is 15.8 Å². The van der Waals surface area contributed by atoms with Crippen molar-refractivity contribution in [3.05, 3.63) is 94.0 Å². The molecule has 2 aromatic carbocycles. The number of nitrogens with zero attached hydrogens (tertiary/aromatic N) is 3. The third kappa shape index (κ3) is 3.46. The molecule has 1 N–H and O–H groups in total. The average Bonchev–Trinajstić information content (AvgIpc) is 3.17. The molecule has 0 bridgehead atoms. The number of halogens is 1. The van der Waals surface area contributed by atoms with Crippen molar-refractivity contribution in [3.63, 3.8) is 0 Å². The summed E-state index contributed by atoms with van der Waals surface area (Å²) in [4.78, 5) is 12.8. The highest BCUT2D eigenvalue weighted by molar-refractivity contribution is 7.80. The summed E-state index contributed by atoms with van der Waals surface area (Å²) in [5.74, 6) is -0.318. The van der Waals surface area contributed by atoms with Gasteiger partial charge in [-0.25, -0.2) is 4.39 Å². The van der Waals surface area contributed by atoms with Gasteiger partial charge >= 0.3 is 0 Å². The van der Waals surface area contributed by atoms with E-state index in [0.717, 1.165) is 17.8 Å². The summed E-state index contributed by atoms with van der Waals surface area (Å²) in [5.41, 5.74) is 2.52. The van der Waals surface area contributed by atoms with Gasteiger partial charge < -0.3 is 14.8 Å². The maximum absolute atomic E-state index is 13.2. The van der Waals surface area contributed by atoms with E-state index in [4.69, 9.17) is 12.2 Å². The Morgan fingerprint density at radius 3 is 2.68 bits per heavy atom. The zero-order valence-electron chi connectivity index (χ0n) is 14.8. The molecule has 0 radical (unpaired) electrons. The van der Waals surface area contributed by atoms with Gasteiger partial charge in [-0.15, -0.1) is 0 Å². The molecule has 0 aliphatic carbocycles. The number of hydrogen-bond donors (Lipinski definition) is 1. The third-order valence-corrected chi connectivity index (χ3v) is 5.13. The minimum absolute atomic E-state index is 0.0403. The van der Waals surface area contributed by atoms with Gasteiger partial charge in [0, 0.05) is 42.8 Å². The van der Waals surface area contributed by atoms with Gasteiger partial charge in [-0.3, -0.25) is 10.1 Å². The van der Waals surface area contributed by atoms with Crippen molar-refractivity contribution < 1.29 is 9.31 Å². The van der Waals surface area contributed by atoms with E-state index < -0.39 is 4.92 Å². The van der Waals surface area contributed by atoms with Crippen LogP contribution in [0.5, 0.6) is 0 Å². The van der Waals surface area contributed by atoms with Crippen molar-refractivity contribution in [1.29, 1.82) is 0 Å². The van der Waals surface area contributed by atoms with Crippen molar-refractivity contribution in [1.82, 2.24) is 9.47 Å². The Hall–Kier alpha value is -3.26. The van der Waals surface area contributed by atoms with E-state index in [2.05, 4.69) is 9.88 Å². The number of nitro benzene ring substituents is 1. The van der Waals surface area contributed by atoms with Crippen LogP contribution < -0.4 is 5.32 Å². The van der Waals surface area contributed by atoms with Crippen molar-refractivity contribution in [2.45, 2.75) is 12.6 Å². The zero-order chi connectivity index (χ0) is 19.7. The van der Waals surface area contributed by atoms with Gasteiger partial charge in [-0.2, -0.15) is 0 Å². The molecular formula is C20H17FN4O2S. The first-order valence-corrected chi connectivity index (χ1v) is 9.16. The minimum Gasteiger partial charge on any atom is -0.348 e. The van der Waals surface area contributed by atoms with Crippen LogP contribution in [0, 0.1) is 15.9 Å². The van der Waals surface area contributed by atoms with Gasteiger partial charge in [0.2, 0.25) is 0 Å². The van der Waals surface area contributed by atoms with E-state index in [9.17, 15) is 14.5 Å². The third-order valence-electron chi connectivity index (χ3n) is 4.79. The monoisotopic (exact) mass is 396 g/mol. The number of nitrogens with one attached hydrogen (secondary N) is 1. The molecule has 0 unspecified atom stereocenters. The predicted molar refractivity (Wildman–Crippen MR) is 109 cm³/mol. The minimum atomic E-state index is -0.398. The molecule has 0 fully saturated rings. The number of aromatic nitrogens is 1. The summed E-state index contributed by atoms with van der Waals surface area (Å²) >= 11 is 5.63. The maximum atomic E-state index is 13.2. The van der Waals surface area contributed by atoms with Gasteiger partial charge in [0.15, 0.2) is 5.11 Å². The van der Waals surface area contributed by atoms with Gasteiger partial charge in [0.1, 0.15) is 5.82 Å². The van der Waals surface area contributed by atoms with Gasteiger partial charge in [0.25, 0.3) is 5.69 Å². The Kier molecular flexibility index (Phi) is 4.79. The van der Waals surface area contributed by atoms with Crippen LogP contribution in [-0.2, 0) is 6.54 Å². The van der Waals surface area contributed by atoms with E-state index in [0.29, 0.717) is 17.3 Å². The summed E-state index contributed by atoms with van der Waals surface area (Å²) < 4.78 is 15.3. The van der Waals surface area contributed by atoms with E-state index in [1.165, 1.54) is 18.2 Å². The number of benzene rings is 2. The smallest absolute Gasteiger partial charge is 0.269 e. The number of anilines is 1. The van der Waals surface area contributed by atoms with Crippen LogP contribution in [0.1, 0.15) is 17.3 Å². The molecule has 8 heteroatoms. The summed E-state index contributed by atoms with van der Waals surface area (Å²) in [6.45, 7) is 1.39. The second-order valence-electron chi connectivity index (χ2n) is 6.51. The SMILES string of the molecule is O=[N+]([O-])c1cccc([C@H]2c3cccn3CCN2C(=S)Nc2ccc(F)cc2)c1. The molecule has 0 amide bonds. The molecule has 3 aromatic rings. The van der Waals surface area contributed by atoms with E-state index in [1.54, 1.807) is 24.3 Å². The Morgan fingerprint density at radius 2 is 1.93 bits per heavy atom. The maximum Gasteiger partial charge on any atom is 0.269 e. The lowest BCUT2D eigenvalue weighted by Gasteiger charge is -2.39. The topological polar surface area (TPSA) is 63.3 Å². The molecule has 4 rings (SSSR count). The quantitative estimate of drug-likeness (QED) is 0.405. The largest absolute Gasteiger partial charge is 0.348 e. The van der Waals surface area contributed by atoms with Gasteiger partial charge in [-0.1, -0.05) is 12.1 Å². The second kappa shape index (κ2) is 7.40. The number of non-ortho nitro benzene ring substituents is 1. The molecule has 1 atom stereocenters. The van der Waals surface area contributed by atoms with E-state index in [-0.39, 0.29) is 17.5 Å². The molecule has 0 saturated heterocycles. The molecule has 0 spiro atoms. The molecule has 142 valence electrons. The normalized spacial score (nSPS) is 15.8. The standard InChI is InChI=1S/C20H17FN4O2S/c21-15-6-8-16(9-7-15)22-20(28)24-12-11-23-10-2-5-18(23)19(24)14-3-1-4-17(13-14)25(26)27/h1-10,13,19H,11-12H2,(H,22,28)/t19-/m0/s1. The van der Waals surface area contributed by atoms with Crippen LogP contribution in [0.15, 0.2) is 66.9 Å². The van der Waals surface area contributed by atoms with Crippen LogP contribution in [-0.4, -0.2) is 26.0 Å². The Labute approximate surface area is 166 Å². The zero-order valence-corrected chi connectivity index (χ0v) is 15.6. The van der Waals surface area contributed by atoms with E-state index in [1.807, 2.05) is 29.3 Å². The summed E-state index contributed by atoms with van der Waals surface area (Å²) in [7, 11) is 0. The van der Waals surface area contributed by atoms with Crippen LogP contribution >= 0.6 is 12.2 Å². The highest BCUT2D eigenvalue weighted by atomic mass is 32.1. The molecular weight excluding hydrogens is 379 g/mol. The van der Waals surface area contributed by atoms with E-state index >= 15 is 0 Å². The first-order chi connectivity index (χ1) is 13.5. The van der Waals surface area contributed by atoms with Crippen molar-refractivity contribution >= 4 is 28.7 Å². The van der Waals surface area contributed by atoms with Crippen LogP contribution in [0.2, 0.25) is 0 Å². The molecule has 1 aliphatic heterocycles. The highest BCUT2D eigenvalue weighted by Crippen LogP contribution is 2.34. The second-order valence-corrected chi connectivity index (χ2v) is 6.90. The lowest BCUT2D eigenvalue weighted by molar-refractivity contribution is -0.384. The Balaban J connectivity index is 1.69. The molecule has 1 aliphatic rings. The van der Waals surface area contributed by atoms with Crippen molar-refractivity contribution in [2.24, 2.45) is 0 Å². The summed E-state index contributed by atoms with van der Waals surface area (Å²) in [5, 5.41) is 14.9. The highest BCUT2D eigenvalue weighted by Gasteiger charge is 2.31. The fourth-order valence-electron chi connectivity index (χ4n) is 3.49. The Morgan fingerprint density at radius 1 is 1.14 bits per heavy atom. The van der Waals surface area contributed by atoms with Crippen LogP contribution in [0.3, 0.4) is 0 Å². The fourth-order valence-corrected chi connectivity index (χ4v) is 3.80. The number of thiocarbonyl (C=S) groups is 1.